The summed E-state index contributed by atoms with van der Waals surface area (Å²) in [5, 5.41) is 0. The van der Waals surface area contributed by atoms with Gasteiger partial charge in [-0.2, -0.15) is 0 Å². The zero-order valence-electron chi connectivity index (χ0n) is 11.5. The molecule has 0 aromatic rings. The third-order valence-corrected chi connectivity index (χ3v) is 4.00. The molecule has 0 aromatic carbocycles. The van der Waals surface area contributed by atoms with Crippen molar-refractivity contribution in [2.24, 2.45) is 17.1 Å². The zero-order valence-corrected chi connectivity index (χ0v) is 11.5. The van der Waals surface area contributed by atoms with Crippen LogP contribution < -0.4 is 5.73 Å². The normalized spacial score (nSPS) is 15.1. The van der Waals surface area contributed by atoms with Crippen molar-refractivity contribution in [2.75, 3.05) is 0 Å². The summed E-state index contributed by atoms with van der Waals surface area (Å²) in [6.07, 6.45) is 7.89. The molecule has 0 aliphatic rings. The number of primary amides is 1. The van der Waals surface area contributed by atoms with Gasteiger partial charge in [0.05, 0.1) is 0 Å². The summed E-state index contributed by atoms with van der Waals surface area (Å²) < 4.78 is 0. The monoisotopic (exact) mass is 227 g/mol. The van der Waals surface area contributed by atoms with Crippen LogP contribution in [0.3, 0.4) is 0 Å². The van der Waals surface area contributed by atoms with Crippen LogP contribution in [-0.2, 0) is 4.79 Å². The van der Waals surface area contributed by atoms with Gasteiger partial charge >= 0.3 is 0 Å². The van der Waals surface area contributed by atoms with Gasteiger partial charge < -0.3 is 5.73 Å². The summed E-state index contributed by atoms with van der Waals surface area (Å²) in [6.45, 7) is 8.57. The van der Waals surface area contributed by atoms with E-state index in [9.17, 15) is 4.79 Å². The first-order chi connectivity index (χ1) is 7.52. The summed E-state index contributed by atoms with van der Waals surface area (Å²) >= 11 is 0. The van der Waals surface area contributed by atoms with Gasteiger partial charge in [0, 0.05) is 5.41 Å². The van der Waals surface area contributed by atoms with Gasteiger partial charge in [-0.15, -0.1) is 0 Å². The van der Waals surface area contributed by atoms with Crippen molar-refractivity contribution in [3.05, 3.63) is 0 Å². The highest BCUT2D eigenvalue weighted by Crippen LogP contribution is 2.37. The second-order valence-electron chi connectivity index (χ2n) is 5.11. The molecule has 0 aromatic heterocycles. The van der Waals surface area contributed by atoms with E-state index in [4.69, 9.17) is 5.73 Å². The minimum Gasteiger partial charge on any atom is -0.369 e. The number of carbonyl (C=O) groups is 1. The molecule has 2 N–H and O–H groups in total. The molecule has 0 heterocycles. The van der Waals surface area contributed by atoms with Crippen LogP contribution in [0.5, 0.6) is 0 Å². The third kappa shape index (κ3) is 4.15. The average molecular weight is 227 g/mol. The van der Waals surface area contributed by atoms with Crippen molar-refractivity contribution in [2.45, 2.75) is 72.6 Å². The topological polar surface area (TPSA) is 43.1 Å². The van der Waals surface area contributed by atoms with Gasteiger partial charge in [0.25, 0.3) is 0 Å². The number of hydrogen-bond donors (Lipinski definition) is 1. The first kappa shape index (κ1) is 15.5. The Labute approximate surface area is 101 Å². The molecule has 96 valence electrons. The lowest BCUT2D eigenvalue weighted by molar-refractivity contribution is -0.130. The highest BCUT2D eigenvalue weighted by molar-refractivity contribution is 5.80. The van der Waals surface area contributed by atoms with E-state index in [0.717, 1.165) is 25.7 Å². The highest BCUT2D eigenvalue weighted by atomic mass is 16.1. The molecule has 2 nitrogen and oxygen atoms in total. The predicted octanol–water partition coefficient (Wildman–Crippen LogP) is 3.88. The lowest BCUT2D eigenvalue weighted by atomic mass is 9.70. The lowest BCUT2D eigenvalue weighted by Gasteiger charge is -2.34. The Morgan fingerprint density at radius 2 is 1.69 bits per heavy atom. The SMILES string of the molecule is CCCCCCC(C)(C(N)=O)C(CC)CC. The Morgan fingerprint density at radius 1 is 1.12 bits per heavy atom. The van der Waals surface area contributed by atoms with Gasteiger partial charge in [-0.3, -0.25) is 4.79 Å². The van der Waals surface area contributed by atoms with Crippen LogP contribution in [0.25, 0.3) is 0 Å². The number of unbranched alkanes of at least 4 members (excludes halogenated alkanes) is 3. The van der Waals surface area contributed by atoms with Crippen LogP contribution in [-0.4, -0.2) is 5.91 Å². The molecule has 16 heavy (non-hydrogen) atoms. The molecular formula is C14H29NO. The van der Waals surface area contributed by atoms with Crippen LogP contribution >= 0.6 is 0 Å². The van der Waals surface area contributed by atoms with Crippen molar-refractivity contribution in [3.8, 4) is 0 Å². The molecule has 1 atom stereocenters. The number of rotatable bonds is 9. The van der Waals surface area contributed by atoms with Gasteiger partial charge in [0.1, 0.15) is 0 Å². The molecular weight excluding hydrogens is 198 g/mol. The molecule has 0 aliphatic heterocycles. The molecule has 0 saturated carbocycles. The average Bonchev–Trinajstić information content (AvgIpc) is 2.26. The van der Waals surface area contributed by atoms with E-state index < -0.39 is 0 Å². The standard InChI is InChI=1S/C14H29NO/c1-5-8-9-10-11-14(4,13(15)16)12(6-2)7-3/h12H,5-11H2,1-4H3,(H2,15,16). The quantitative estimate of drug-likeness (QED) is 0.597. The first-order valence-electron chi connectivity index (χ1n) is 6.82. The fourth-order valence-corrected chi connectivity index (χ4v) is 2.64. The third-order valence-electron chi connectivity index (χ3n) is 4.00. The van der Waals surface area contributed by atoms with E-state index in [2.05, 4.69) is 27.7 Å². The maximum Gasteiger partial charge on any atom is 0.223 e. The predicted molar refractivity (Wildman–Crippen MR) is 70.1 cm³/mol. The van der Waals surface area contributed by atoms with Gasteiger partial charge in [-0.25, -0.2) is 0 Å². The minimum atomic E-state index is -0.294. The Kier molecular flexibility index (Phi) is 7.44. The van der Waals surface area contributed by atoms with Crippen LogP contribution in [0.1, 0.15) is 72.6 Å². The molecule has 0 radical (unpaired) electrons. The number of hydrogen-bond acceptors (Lipinski definition) is 1. The van der Waals surface area contributed by atoms with Crippen molar-refractivity contribution in [1.82, 2.24) is 0 Å². The van der Waals surface area contributed by atoms with Crippen LogP contribution in [0, 0.1) is 11.3 Å². The van der Waals surface area contributed by atoms with Crippen molar-refractivity contribution in [1.29, 1.82) is 0 Å². The zero-order chi connectivity index (χ0) is 12.6. The van der Waals surface area contributed by atoms with Gasteiger partial charge in [0.2, 0.25) is 5.91 Å². The molecule has 0 fully saturated rings. The molecule has 2 heteroatoms. The second kappa shape index (κ2) is 7.70. The minimum absolute atomic E-state index is 0.113. The molecule has 0 spiro atoms. The van der Waals surface area contributed by atoms with E-state index in [1.807, 2.05) is 0 Å². The van der Waals surface area contributed by atoms with Crippen LogP contribution in [0.2, 0.25) is 0 Å². The Bertz CT molecular complexity index is 199. The lowest BCUT2D eigenvalue weighted by Crippen LogP contribution is -2.40. The molecule has 1 unspecified atom stereocenters. The van der Waals surface area contributed by atoms with Gasteiger partial charge in [0.15, 0.2) is 0 Å². The van der Waals surface area contributed by atoms with Crippen molar-refractivity contribution < 1.29 is 4.79 Å². The summed E-state index contributed by atoms with van der Waals surface area (Å²) in [4.78, 5) is 11.7. The molecule has 0 saturated heterocycles. The van der Waals surface area contributed by atoms with E-state index in [-0.39, 0.29) is 11.3 Å². The van der Waals surface area contributed by atoms with E-state index in [0.29, 0.717) is 5.92 Å². The molecule has 0 aliphatic carbocycles. The number of nitrogens with two attached hydrogens (primary N) is 1. The second-order valence-corrected chi connectivity index (χ2v) is 5.11. The maximum atomic E-state index is 11.7. The summed E-state index contributed by atoms with van der Waals surface area (Å²) in [6, 6.07) is 0. The Morgan fingerprint density at radius 3 is 2.06 bits per heavy atom. The smallest absolute Gasteiger partial charge is 0.223 e. The van der Waals surface area contributed by atoms with E-state index in [1.54, 1.807) is 0 Å². The van der Waals surface area contributed by atoms with Crippen LogP contribution in [0.4, 0.5) is 0 Å². The number of carbonyl (C=O) groups excluding carboxylic acids is 1. The fourth-order valence-electron chi connectivity index (χ4n) is 2.64. The fraction of sp³-hybridized carbons (Fsp3) is 0.929. The maximum absolute atomic E-state index is 11.7. The summed E-state index contributed by atoms with van der Waals surface area (Å²) in [5.41, 5.74) is 5.30. The number of amides is 1. The highest BCUT2D eigenvalue weighted by Gasteiger charge is 2.36. The first-order valence-corrected chi connectivity index (χ1v) is 6.82. The summed E-state index contributed by atoms with van der Waals surface area (Å²) in [5.74, 6) is 0.323. The van der Waals surface area contributed by atoms with Crippen LogP contribution in [0.15, 0.2) is 0 Å². The Balaban J connectivity index is 4.38. The van der Waals surface area contributed by atoms with Gasteiger partial charge in [-0.1, -0.05) is 66.2 Å². The summed E-state index contributed by atoms with van der Waals surface area (Å²) in [7, 11) is 0. The van der Waals surface area contributed by atoms with Gasteiger partial charge in [-0.05, 0) is 12.3 Å². The molecule has 0 bridgehead atoms. The van der Waals surface area contributed by atoms with E-state index >= 15 is 0 Å². The van der Waals surface area contributed by atoms with Crippen molar-refractivity contribution in [3.63, 3.8) is 0 Å². The Hall–Kier alpha value is -0.530. The van der Waals surface area contributed by atoms with Crippen molar-refractivity contribution >= 4 is 5.91 Å². The molecule has 1 amide bonds. The van der Waals surface area contributed by atoms with E-state index in [1.165, 1.54) is 19.3 Å². The largest absolute Gasteiger partial charge is 0.369 e. The molecule has 0 rings (SSSR count).